The Labute approximate surface area is 147 Å². The van der Waals surface area contributed by atoms with Crippen LogP contribution in [-0.4, -0.2) is 0 Å². The van der Waals surface area contributed by atoms with Gasteiger partial charge in [-0.3, -0.25) is 0 Å². The van der Waals surface area contributed by atoms with Gasteiger partial charge in [-0.15, -0.1) is 0 Å². The Hall–Kier alpha value is -1.99. The summed E-state index contributed by atoms with van der Waals surface area (Å²) in [6, 6.07) is 23.4. The quantitative estimate of drug-likeness (QED) is 0.492. The van der Waals surface area contributed by atoms with Gasteiger partial charge in [0.1, 0.15) is 0 Å². The minimum Gasteiger partial charge on any atom is -0.0895 e. The predicted molar refractivity (Wildman–Crippen MR) is 101 cm³/mol. The Balaban J connectivity index is 1.73. The summed E-state index contributed by atoms with van der Waals surface area (Å²) in [7, 11) is 0. The van der Waals surface area contributed by atoms with Crippen LogP contribution in [0.5, 0.6) is 0 Å². The van der Waals surface area contributed by atoms with Crippen molar-refractivity contribution in [3.8, 4) is 0 Å². The molecule has 1 heteroatoms. The molecule has 0 saturated carbocycles. The van der Waals surface area contributed by atoms with Crippen molar-refractivity contribution >= 4 is 11.8 Å². The van der Waals surface area contributed by atoms with Gasteiger partial charge in [0.2, 0.25) is 0 Å². The molecule has 0 spiro atoms. The molecule has 1 heterocycles. The highest BCUT2D eigenvalue weighted by molar-refractivity contribution is 7.99. The van der Waals surface area contributed by atoms with Crippen molar-refractivity contribution in [2.24, 2.45) is 0 Å². The summed E-state index contributed by atoms with van der Waals surface area (Å²) in [6.07, 6.45) is 3.34. The van der Waals surface area contributed by atoms with Gasteiger partial charge >= 0.3 is 0 Å². The molecular weight excluding hydrogens is 308 g/mol. The molecule has 0 amide bonds. The van der Waals surface area contributed by atoms with Gasteiger partial charge in [-0.25, -0.2) is 0 Å². The Morgan fingerprint density at radius 1 is 0.708 bits per heavy atom. The van der Waals surface area contributed by atoms with E-state index in [1.807, 2.05) is 11.8 Å². The maximum absolute atomic E-state index is 2.43. The summed E-state index contributed by atoms with van der Waals surface area (Å²) in [6.45, 7) is 2.20. The standard InChI is InChI=1S/C23H20S/c1-15-2-11-22-21(12-15)20-13-17-6-3-16(4-7-17)5-8-18-9-10-19(20)23(14-18)24-22/h2-4,6-7,9-12,14,20H,5,8,13H2,1H3/t20-/m1/s1. The SMILES string of the molecule is Cc1ccc2c(c1)[C@@H]1Cc3ccc(cc3)CCc3ccc1c(c3)S2. The highest BCUT2D eigenvalue weighted by Gasteiger charge is 2.27. The molecule has 24 heavy (non-hydrogen) atoms. The molecule has 0 N–H and O–H groups in total. The van der Waals surface area contributed by atoms with Gasteiger partial charge in [0.15, 0.2) is 0 Å². The van der Waals surface area contributed by atoms with Crippen molar-refractivity contribution in [3.63, 3.8) is 0 Å². The molecule has 6 bridgehead atoms. The lowest BCUT2D eigenvalue weighted by Gasteiger charge is -2.29. The molecule has 0 radical (unpaired) electrons. The maximum atomic E-state index is 2.43. The van der Waals surface area contributed by atoms with Crippen molar-refractivity contribution < 1.29 is 0 Å². The first-order chi connectivity index (χ1) is 11.8. The van der Waals surface area contributed by atoms with E-state index in [1.54, 1.807) is 0 Å². The van der Waals surface area contributed by atoms with Crippen molar-refractivity contribution in [2.75, 3.05) is 0 Å². The summed E-state index contributed by atoms with van der Waals surface area (Å²) in [5.41, 5.74) is 8.71. The van der Waals surface area contributed by atoms with E-state index in [4.69, 9.17) is 0 Å². The van der Waals surface area contributed by atoms with Gasteiger partial charge in [0.25, 0.3) is 0 Å². The van der Waals surface area contributed by atoms with Gasteiger partial charge in [-0.1, -0.05) is 65.9 Å². The largest absolute Gasteiger partial charge is 0.0895 e. The normalized spacial score (nSPS) is 18.0. The molecule has 0 nitrogen and oxygen atoms in total. The molecule has 0 saturated heterocycles. The highest BCUT2D eigenvalue weighted by Crippen LogP contribution is 2.47. The molecule has 118 valence electrons. The van der Waals surface area contributed by atoms with Crippen molar-refractivity contribution in [3.05, 3.63) is 94.0 Å². The van der Waals surface area contributed by atoms with Crippen LogP contribution in [0.4, 0.5) is 0 Å². The second kappa shape index (κ2) is 5.53. The van der Waals surface area contributed by atoms with Gasteiger partial charge in [-0.05, 0) is 66.1 Å². The van der Waals surface area contributed by atoms with E-state index in [0.29, 0.717) is 5.92 Å². The summed E-state index contributed by atoms with van der Waals surface area (Å²) in [5.74, 6) is 0.468. The average molecular weight is 328 g/mol. The fourth-order valence-electron chi connectivity index (χ4n) is 4.02. The van der Waals surface area contributed by atoms with E-state index >= 15 is 0 Å². The first kappa shape index (κ1) is 14.4. The third kappa shape index (κ3) is 2.39. The van der Waals surface area contributed by atoms with Crippen LogP contribution in [0.25, 0.3) is 0 Å². The molecular formula is C23H20S. The van der Waals surface area contributed by atoms with Crippen LogP contribution in [0.2, 0.25) is 0 Å². The highest BCUT2D eigenvalue weighted by atomic mass is 32.2. The van der Waals surface area contributed by atoms with Gasteiger partial charge < -0.3 is 0 Å². The zero-order chi connectivity index (χ0) is 16.1. The minimum absolute atomic E-state index is 0.468. The second-order valence-corrected chi connectivity index (χ2v) is 8.17. The molecule has 8 rings (SSSR count). The minimum atomic E-state index is 0.468. The lowest BCUT2D eigenvalue weighted by molar-refractivity contribution is 0.756. The first-order valence-electron chi connectivity index (χ1n) is 8.75. The lowest BCUT2D eigenvalue weighted by Crippen LogP contribution is -2.12. The molecule has 5 aliphatic rings. The van der Waals surface area contributed by atoms with Crippen molar-refractivity contribution in [1.82, 2.24) is 0 Å². The van der Waals surface area contributed by atoms with Crippen LogP contribution in [-0.2, 0) is 19.3 Å². The van der Waals surface area contributed by atoms with E-state index < -0.39 is 0 Å². The number of rotatable bonds is 0. The molecule has 1 aliphatic heterocycles. The Morgan fingerprint density at radius 2 is 1.46 bits per heavy atom. The van der Waals surface area contributed by atoms with Crippen LogP contribution < -0.4 is 0 Å². The zero-order valence-electron chi connectivity index (χ0n) is 13.9. The molecule has 0 aromatic heterocycles. The fourth-order valence-corrected chi connectivity index (χ4v) is 5.25. The molecule has 4 aliphatic carbocycles. The Kier molecular flexibility index (Phi) is 3.31. The molecule has 0 unspecified atom stereocenters. The summed E-state index contributed by atoms with van der Waals surface area (Å²) in [5, 5.41) is 0. The molecule has 3 aromatic carbocycles. The number of hydrogen-bond donors (Lipinski definition) is 0. The zero-order valence-corrected chi connectivity index (χ0v) is 14.7. The maximum Gasteiger partial charge on any atom is 0.0163 e. The number of benzene rings is 3. The molecule has 1 atom stereocenters. The van der Waals surface area contributed by atoms with Crippen LogP contribution in [0.15, 0.2) is 70.5 Å². The number of hydrogen-bond acceptors (Lipinski definition) is 1. The Morgan fingerprint density at radius 3 is 2.33 bits per heavy atom. The smallest absolute Gasteiger partial charge is 0.0163 e. The van der Waals surface area contributed by atoms with E-state index in [1.165, 1.54) is 43.2 Å². The number of aryl methyl sites for hydroxylation is 3. The summed E-state index contributed by atoms with van der Waals surface area (Å²) in [4.78, 5) is 2.90. The van der Waals surface area contributed by atoms with E-state index in [9.17, 15) is 0 Å². The number of fused-ring (bicyclic) bond motifs is 1. The predicted octanol–water partition coefficient (Wildman–Crippen LogP) is 5.93. The topological polar surface area (TPSA) is 0 Å². The van der Waals surface area contributed by atoms with Crippen LogP contribution in [0.1, 0.15) is 39.3 Å². The van der Waals surface area contributed by atoms with E-state index in [2.05, 4.69) is 67.6 Å². The summed E-state index contributed by atoms with van der Waals surface area (Å²) < 4.78 is 0. The third-order valence-electron chi connectivity index (χ3n) is 5.38. The van der Waals surface area contributed by atoms with Crippen LogP contribution in [0.3, 0.4) is 0 Å². The van der Waals surface area contributed by atoms with Crippen LogP contribution in [0, 0.1) is 6.92 Å². The lowest BCUT2D eigenvalue weighted by atomic mass is 9.83. The molecule has 0 fully saturated rings. The summed E-state index contributed by atoms with van der Waals surface area (Å²) >= 11 is 1.95. The van der Waals surface area contributed by atoms with Gasteiger partial charge in [0, 0.05) is 15.7 Å². The third-order valence-corrected chi connectivity index (χ3v) is 6.54. The monoisotopic (exact) mass is 328 g/mol. The van der Waals surface area contributed by atoms with Gasteiger partial charge in [-0.2, -0.15) is 0 Å². The van der Waals surface area contributed by atoms with Crippen LogP contribution >= 0.6 is 11.8 Å². The molecule has 3 aromatic rings. The second-order valence-electron chi connectivity index (χ2n) is 7.09. The fraction of sp³-hybridized carbons (Fsp3) is 0.217. The van der Waals surface area contributed by atoms with Crippen molar-refractivity contribution in [2.45, 2.75) is 41.9 Å². The van der Waals surface area contributed by atoms with Crippen molar-refractivity contribution in [1.29, 1.82) is 0 Å². The first-order valence-corrected chi connectivity index (χ1v) is 9.57. The van der Waals surface area contributed by atoms with E-state index in [-0.39, 0.29) is 0 Å². The average Bonchev–Trinajstić information content (AvgIpc) is 2.59. The van der Waals surface area contributed by atoms with E-state index in [0.717, 1.165) is 19.3 Å². The Bertz CT molecular complexity index is 921. The van der Waals surface area contributed by atoms with Gasteiger partial charge in [0.05, 0.1) is 0 Å².